The Kier molecular flexibility index (Phi) is 2.39. The molecule has 1 rings (SSSR count). The van der Waals surface area contributed by atoms with Crippen molar-refractivity contribution in [3.63, 3.8) is 0 Å². The summed E-state index contributed by atoms with van der Waals surface area (Å²) < 4.78 is 0. The third-order valence-corrected chi connectivity index (χ3v) is 1.91. The molecule has 1 heterocycles. The Hall–Kier alpha value is -0.900. The van der Waals surface area contributed by atoms with Gasteiger partial charge in [0.2, 0.25) is 0 Å². The van der Waals surface area contributed by atoms with Gasteiger partial charge in [0.25, 0.3) is 0 Å². The zero-order valence-corrected chi connectivity index (χ0v) is 6.10. The molecule has 0 bridgehead atoms. The highest BCUT2D eigenvalue weighted by molar-refractivity contribution is 7.09. The van der Waals surface area contributed by atoms with Crippen LogP contribution in [-0.4, -0.2) is 16.1 Å². The molecule has 0 aliphatic heterocycles. The van der Waals surface area contributed by atoms with Crippen LogP contribution in [0, 0.1) is 0 Å². The van der Waals surface area contributed by atoms with E-state index in [1.807, 2.05) is 0 Å². The van der Waals surface area contributed by atoms with Gasteiger partial charge in [0, 0.05) is 11.1 Å². The molecule has 0 spiro atoms. The molecule has 0 saturated carbocycles. The molecule has 4 heteroatoms. The van der Waals surface area contributed by atoms with E-state index < -0.39 is 5.97 Å². The molecule has 3 nitrogen and oxygen atoms in total. The van der Waals surface area contributed by atoms with Crippen LogP contribution in [0.3, 0.4) is 0 Å². The number of rotatable bonds is 3. The van der Waals surface area contributed by atoms with Gasteiger partial charge >= 0.3 is 5.97 Å². The molecular formula is C6H7NO2S. The summed E-state index contributed by atoms with van der Waals surface area (Å²) >= 11 is 1.49. The first kappa shape index (κ1) is 7.21. The number of hydrogen-bond acceptors (Lipinski definition) is 3. The van der Waals surface area contributed by atoms with Gasteiger partial charge in [0.15, 0.2) is 0 Å². The number of aryl methyl sites for hydroxylation is 1. The van der Waals surface area contributed by atoms with Crippen molar-refractivity contribution >= 4 is 17.3 Å². The SMILES string of the molecule is O=C(O)CCc1cncs1. The molecule has 1 N–H and O–H groups in total. The summed E-state index contributed by atoms with van der Waals surface area (Å²) in [5.74, 6) is -0.756. The molecule has 10 heavy (non-hydrogen) atoms. The number of carbonyl (C=O) groups is 1. The highest BCUT2D eigenvalue weighted by Gasteiger charge is 1.98. The Morgan fingerprint density at radius 1 is 1.80 bits per heavy atom. The molecule has 0 saturated heterocycles. The summed E-state index contributed by atoms with van der Waals surface area (Å²) in [5.41, 5.74) is 1.71. The minimum absolute atomic E-state index is 0.197. The maximum atomic E-state index is 10.1. The van der Waals surface area contributed by atoms with E-state index in [4.69, 9.17) is 5.11 Å². The number of hydrogen-bond donors (Lipinski definition) is 1. The molecule has 0 aliphatic carbocycles. The smallest absolute Gasteiger partial charge is 0.303 e. The van der Waals surface area contributed by atoms with E-state index in [1.165, 1.54) is 11.3 Å². The standard InChI is InChI=1S/C6H7NO2S/c8-6(9)2-1-5-3-7-4-10-5/h3-4H,1-2H2,(H,8,9). The molecule has 0 aliphatic rings. The van der Waals surface area contributed by atoms with Gasteiger partial charge in [-0.1, -0.05) is 0 Å². The fraction of sp³-hybridized carbons (Fsp3) is 0.333. The zero-order chi connectivity index (χ0) is 7.40. The zero-order valence-electron chi connectivity index (χ0n) is 5.28. The van der Waals surface area contributed by atoms with Crippen LogP contribution < -0.4 is 0 Å². The Morgan fingerprint density at radius 2 is 2.60 bits per heavy atom. The minimum atomic E-state index is -0.756. The molecular weight excluding hydrogens is 150 g/mol. The average Bonchev–Trinajstić information content (AvgIpc) is 2.34. The predicted octanol–water partition coefficient (Wildman–Crippen LogP) is 1.16. The summed E-state index contributed by atoms with van der Waals surface area (Å²) in [4.78, 5) is 14.9. The number of aliphatic carboxylic acids is 1. The van der Waals surface area contributed by atoms with E-state index in [9.17, 15) is 4.79 Å². The molecule has 54 valence electrons. The third kappa shape index (κ3) is 2.14. The van der Waals surface area contributed by atoms with E-state index in [0.29, 0.717) is 6.42 Å². The Morgan fingerprint density at radius 3 is 3.10 bits per heavy atom. The van der Waals surface area contributed by atoms with Gasteiger partial charge in [0.1, 0.15) is 0 Å². The number of nitrogens with zero attached hydrogens (tertiary/aromatic N) is 1. The number of carboxylic acids is 1. The fourth-order valence-corrected chi connectivity index (χ4v) is 1.19. The topological polar surface area (TPSA) is 50.2 Å². The lowest BCUT2D eigenvalue weighted by Crippen LogP contribution is -1.95. The van der Waals surface area contributed by atoms with Crippen LogP contribution in [-0.2, 0) is 11.2 Å². The first-order valence-electron chi connectivity index (χ1n) is 2.88. The summed E-state index contributed by atoms with van der Waals surface area (Å²) in [6.07, 6.45) is 2.50. The van der Waals surface area contributed by atoms with E-state index in [2.05, 4.69) is 4.98 Å². The maximum Gasteiger partial charge on any atom is 0.303 e. The van der Waals surface area contributed by atoms with Gasteiger partial charge in [-0.2, -0.15) is 0 Å². The quantitative estimate of drug-likeness (QED) is 0.716. The highest BCUT2D eigenvalue weighted by Crippen LogP contribution is 2.07. The van der Waals surface area contributed by atoms with Crippen molar-refractivity contribution in [3.05, 3.63) is 16.6 Å². The minimum Gasteiger partial charge on any atom is -0.481 e. The molecule has 0 radical (unpaired) electrons. The Bertz CT molecular complexity index is 208. The average molecular weight is 157 g/mol. The molecule has 0 fully saturated rings. The van der Waals surface area contributed by atoms with Crippen LogP contribution in [0.4, 0.5) is 0 Å². The largest absolute Gasteiger partial charge is 0.481 e. The van der Waals surface area contributed by atoms with Gasteiger partial charge in [-0.05, 0) is 6.42 Å². The molecule has 0 unspecified atom stereocenters. The lowest BCUT2D eigenvalue weighted by atomic mass is 10.3. The molecule has 1 aromatic heterocycles. The lowest BCUT2D eigenvalue weighted by molar-refractivity contribution is -0.136. The summed E-state index contributed by atoms with van der Waals surface area (Å²) in [5, 5.41) is 8.30. The van der Waals surface area contributed by atoms with Crippen LogP contribution in [0.1, 0.15) is 11.3 Å². The van der Waals surface area contributed by atoms with Crippen LogP contribution in [0.5, 0.6) is 0 Å². The third-order valence-electron chi connectivity index (χ3n) is 1.07. The highest BCUT2D eigenvalue weighted by atomic mass is 32.1. The van der Waals surface area contributed by atoms with Crippen molar-refractivity contribution in [2.45, 2.75) is 12.8 Å². The molecule has 0 amide bonds. The monoisotopic (exact) mass is 157 g/mol. The number of aromatic nitrogens is 1. The van der Waals surface area contributed by atoms with Crippen molar-refractivity contribution < 1.29 is 9.90 Å². The first-order chi connectivity index (χ1) is 4.79. The van der Waals surface area contributed by atoms with E-state index in [-0.39, 0.29) is 6.42 Å². The number of thiazole rings is 1. The van der Waals surface area contributed by atoms with Crippen molar-refractivity contribution in [1.82, 2.24) is 4.98 Å². The van der Waals surface area contributed by atoms with Crippen LogP contribution in [0.25, 0.3) is 0 Å². The molecule has 1 aromatic rings. The summed E-state index contributed by atoms with van der Waals surface area (Å²) in [6, 6.07) is 0. The molecule has 0 atom stereocenters. The van der Waals surface area contributed by atoms with Crippen molar-refractivity contribution in [2.75, 3.05) is 0 Å². The Balaban J connectivity index is 2.35. The number of carboxylic acid groups (broad SMARTS) is 1. The normalized spacial score (nSPS) is 9.60. The summed E-state index contributed by atoms with van der Waals surface area (Å²) in [7, 11) is 0. The van der Waals surface area contributed by atoms with Gasteiger partial charge < -0.3 is 5.11 Å². The van der Waals surface area contributed by atoms with Crippen molar-refractivity contribution in [2.24, 2.45) is 0 Å². The first-order valence-corrected chi connectivity index (χ1v) is 3.76. The molecule has 0 aromatic carbocycles. The second-order valence-electron chi connectivity index (χ2n) is 1.86. The van der Waals surface area contributed by atoms with Gasteiger partial charge in [-0.15, -0.1) is 11.3 Å². The Labute approximate surface area is 62.3 Å². The fourth-order valence-electron chi connectivity index (χ4n) is 0.596. The second-order valence-corrected chi connectivity index (χ2v) is 2.83. The van der Waals surface area contributed by atoms with Crippen molar-refractivity contribution in [1.29, 1.82) is 0 Å². The van der Waals surface area contributed by atoms with Crippen molar-refractivity contribution in [3.8, 4) is 0 Å². The van der Waals surface area contributed by atoms with Crippen LogP contribution in [0.15, 0.2) is 11.7 Å². The van der Waals surface area contributed by atoms with Crippen LogP contribution in [0.2, 0.25) is 0 Å². The van der Waals surface area contributed by atoms with Gasteiger partial charge in [-0.3, -0.25) is 9.78 Å². The maximum absolute atomic E-state index is 10.1. The summed E-state index contributed by atoms with van der Waals surface area (Å²) in [6.45, 7) is 0. The van der Waals surface area contributed by atoms with Gasteiger partial charge in [-0.25, -0.2) is 0 Å². The van der Waals surface area contributed by atoms with E-state index in [0.717, 1.165) is 4.88 Å². The second kappa shape index (κ2) is 3.31. The van der Waals surface area contributed by atoms with Gasteiger partial charge in [0.05, 0.1) is 11.9 Å². The van der Waals surface area contributed by atoms with E-state index in [1.54, 1.807) is 11.7 Å². The predicted molar refractivity (Wildman–Crippen MR) is 38.1 cm³/mol. The van der Waals surface area contributed by atoms with E-state index >= 15 is 0 Å². The van der Waals surface area contributed by atoms with Crippen LogP contribution >= 0.6 is 11.3 Å². The lowest BCUT2D eigenvalue weighted by Gasteiger charge is -1.88.